The van der Waals surface area contributed by atoms with Crippen LogP contribution in [0.3, 0.4) is 0 Å². The maximum Gasteiger partial charge on any atom is 0.337 e. The zero-order chi connectivity index (χ0) is 26.0. The summed E-state index contributed by atoms with van der Waals surface area (Å²) < 4.78 is 19.7. The fourth-order valence-electron chi connectivity index (χ4n) is 3.82. The van der Waals surface area contributed by atoms with Crippen molar-refractivity contribution in [2.45, 2.75) is 19.9 Å². The first-order valence-corrected chi connectivity index (χ1v) is 13.6. The third-order valence-electron chi connectivity index (χ3n) is 5.35. The van der Waals surface area contributed by atoms with Gasteiger partial charge in [0.25, 0.3) is 5.56 Å². The summed E-state index contributed by atoms with van der Waals surface area (Å²) in [5.74, 6) is 0.557. The Balaban J connectivity index is 1.93. The molecule has 4 rings (SSSR count). The van der Waals surface area contributed by atoms with Crippen molar-refractivity contribution in [1.29, 1.82) is 0 Å². The van der Waals surface area contributed by atoms with Crippen LogP contribution in [0.4, 0.5) is 0 Å². The number of nitrogens with zero attached hydrogens (tertiary/aromatic N) is 2. The second-order valence-corrected chi connectivity index (χ2v) is 10.7. The molecule has 2 heterocycles. The van der Waals surface area contributed by atoms with E-state index in [0.717, 1.165) is 4.47 Å². The number of hydrogen-bond donors (Lipinski definition) is 1. The van der Waals surface area contributed by atoms with Crippen molar-refractivity contribution in [2.75, 3.05) is 20.3 Å². The summed E-state index contributed by atoms with van der Waals surface area (Å²) in [5.41, 5.74) is 0.992. The predicted octanol–water partition coefficient (Wildman–Crippen LogP) is 3.89. The van der Waals surface area contributed by atoms with Gasteiger partial charge in [-0.05, 0) is 72.3 Å². The summed E-state index contributed by atoms with van der Waals surface area (Å²) in [7, 11) is 1.28. The minimum atomic E-state index is -0.790. The normalized spacial score (nSPS) is 15.1. The van der Waals surface area contributed by atoms with Crippen molar-refractivity contribution in [1.82, 2.24) is 4.57 Å². The molecular weight excluding hydrogens is 663 g/mol. The fourth-order valence-corrected chi connectivity index (χ4v) is 6.34. The number of methoxy groups -OCH3 is 1. The molecule has 0 amide bonds. The highest BCUT2D eigenvalue weighted by atomic mass is 127. The van der Waals surface area contributed by atoms with E-state index in [1.807, 2.05) is 36.4 Å². The summed E-state index contributed by atoms with van der Waals surface area (Å²) in [5, 5.41) is 10.5. The number of esters is 1. The molecule has 0 spiro atoms. The Morgan fingerprint density at radius 2 is 1.94 bits per heavy atom. The Kier molecular flexibility index (Phi) is 8.20. The maximum absolute atomic E-state index is 13.7. The van der Waals surface area contributed by atoms with Crippen LogP contribution in [0.5, 0.6) is 17.2 Å². The molecule has 1 aliphatic rings. The zero-order valence-electron chi connectivity index (χ0n) is 19.6. The number of halogens is 2. The van der Waals surface area contributed by atoms with Crippen LogP contribution in [0.25, 0.3) is 6.08 Å². The molecule has 3 aromatic rings. The minimum absolute atomic E-state index is 0.0734. The lowest BCUT2D eigenvalue weighted by molar-refractivity contribution is -0.136. The molecule has 0 saturated heterocycles. The largest absolute Gasteiger partial charge is 0.506 e. The average Bonchev–Trinajstić information content (AvgIpc) is 3.17. The molecule has 0 fully saturated rings. The first-order chi connectivity index (χ1) is 17.3. The molecule has 1 aliphatic heterocycles. The van der Waals surface area contributed by atoms with Crippen molar-refractivity contribution in [2.24, 2.45) is 4.99 Å². The van der Waals surface area contributed by atoms with E-state index in [1.165, 1.54) is 29.2 Å². The quantitative estimate of drug-likeness (QED) is 0.300. The molecule has 36 heavy (non-hydrogen) atoms. The Hall–Kier alpha value is -2.64. The van der Waals surface area contributed by atoms with E-state index in [4.69, 9.17) is 14.2 Å². The lowest BCUT2D eigenvalue weighted by atomic mass is 9.97. The first-order valence-electron chi connectivity index (χ1n) is 11.0. The van der Waals surface area contributed by atoms with Crippen LogP contribution in [0.2, 0.25) is 0 Å². The highest BCUT2D eigenvalue weighted by molar-refractivity contribution is 14.1. The van der Waals surface area contributed by atoms with Gasteiger partial charge in [0.15, 0.2) is 16.3 Å². The Bertz CT molecular complexity index is 1550. The Morgan fingerprint density at radius 1 is 1.22 bits per heavy atom. The minimum Gasteiger partial charge on any atom is -0.506 e. The van der Waals surface area contributed by atoms with Gasteiger partial charge in [-0.25, -0.2) is 9.79 Å². The van der Waals surface area contributed by atoms with Gasteiger partial charge in [-0.3, -0.25) is 9.36 Å². The molecule has 188 valence electrons. The number of phenols is 1. The van der Waals surface area contributed by atoms with E-state index in [-0.39, 0.29) is 16.9 Å². The molecule has 11 heteroatoms. The molecule has 2 aromatic carbocycles. The van der Waals surface area contributed by atoms with Gasteiger partial charge < -0.3 is 19.3 Å². The molecule has 0 aliphatic carbocycles. The summed E-state index contributed by atoms with van der Waals surface area (Å²) >= 11 is 6.62. The summed E-state index contributed by atoms with van der Waals surface area (Å²) in [6, 6.07) is 8.03. The van der Waals surface area contributed by atoms with Crippen molar-refractivity contribution in [3.63, 3.8) is 0 Å². The number of aromatic hydroxyl groups is 1. The lowest BCUT2D eigenvalue weighted by Gasteiger charge is -2.23. The molecule has 0 radical (unpaired) electrons. The smallest absolute Gasteiger partial charge is 0.337 e. The Labute approximate surface area is 232 Å². The Morgan fingerprint density at radius 3 is 2.64 bits per heavy atom. The number of aromatic nitrogens is 1. The van der Waals surface area contributed by atoms with Gasteiger partial charge in [0, 0.05) is 16.2 Å². The standard InChI is InChI=1S/C25H22BrIN2O6S/c1-4-34-18-7-6-13(9-19(18)35-5-2)21-16(24(32)33-3)12-28-25-29(21)23(31)20(36-25)10-14-8-15(26)11-17(27)22(14)30/h6-12,21,30H,4-5H2,1-3H3/b20-10+/t21-/m0/s1. The van der Waals surface area contributed by atoms with Crippen LogP contribution in [0, 0.1) is 3.57 Å². The molecule has 8 nitrogen and oxygen atoms in total. The maximum atomic E-state index is 13.7. The van der Waals surface area contributed by atoms with Crippen molar-refractivity contribution in [3.05, 3.63) is 81.0 Å². The summed E-state index contributed by atoms with van der Waals surface area (Å²) in [4.78, 5) is 31.2. The van der Waals surface area contributed by atoms with Crippen LogP contribution in [0.15, 0.2) is 56.4 Å². The van der Waals surface area contributed by atoms with E-state index in [1.54, 1.807) is 36.4 Å². The highest BCUT2D eigenvalue weighted by Crippen LogP contribution is 2.35. The third-order valence-corrected chi connectivity index (χ3v) is 7.63. The van der Waals surface area contributed by atoms with Gasteiger partial charge in [0.1, 0.15) is 5.75 Å². The number of rotatable bonds is 7. The second-order valence-electron chi connectivity index (χ2n) is 7.57. The molecule has 1 aromatic heterocycles. The van der Waals surface area contributed by atoms with E-state index in [9.17, 15) is 14.7 Å². The highest BCUT2D eigenvalue weighted by Gasteiger charge is 2.31. The fraction of sp³-hybridized carbons (Fsp3) is 0.240. The molecule has 1 atom stereocenters. The third kappa shape index (κ3) is 5.09. The van der Waals surface area contributed by atoms with Crippen molar-refractivity contribution >= 4 is 61.9 Å². The number of thiazole rings is 1. The van der Waals surface area contributed by atoms with Gasteiger partial charge >= 0.3 is 5.97 Å². The number of ether oxygens (including phenoxy) is 3. The van der Waals surface area contributed by atoms with E-state index < -0.39 is 12.0 Å². The van der Waals surface area contributed by atoms with E-state index >= 15 is 0 Å². The number of fused-ring (bicyclic) bond motifs is 1. The number of benzene rings is 2. The first kappa shape index (κ1) is 26.4. The van der Waals surface area contributed by atoms with Gasteiger partial charge in [-0.2, -0.15) is 0 Å². The number of phenolic OH excluding ortho intramolecular Hbond substituents is 1. The van der Waals surface area contributed by atoms with Crippen molar-refractivity contribution < 1.29 is 24.1 Å². The van der Waals surface area contributed by atoms with Crippen molar-refractivity contribution in [3.8, 4) is 17.2 Å². The monoisotopic (exact) mass is 684 g/mol. The van der Waals surface area contributed by atoms with Crippen LogP contribution in [-0.2, 0) is 9.53 Å². The zero-order valence-corrected chi connectivity index (χ0v) is 24.1. The predicted molar refractivity (Wildman–Crippen MR) is 148 cm³/mol. The van der Waals surface area contributed by atoms with E-state index in [2.05, 4.69) is 20.9 Å². The molecule has 0 saturated carbocycles. The molecule has 0 bridgehead atoms. The van der Waals surface area contributed by atoms with Gasteiger partial charge in [0.2, 0.25) is 0 Å². The topological polar surface area (TPSA) is 99.4 Å². The lowest BCUT2D eigenvalue weighted by Crippen LogP contribution is -2.39. The van der Waals surface area contributed by atoms with Crippen LogP contribution < -0.4 is 24.4 Å². The molecule has 1 N–H and O–H groups in total. The van der Waals surface area contributed by atoms with Crippen LogP contribution in [0.1, 0.15) is 31.0 Å². The molecule has 0 unspecified atom stereocenters. The van der Waals surface area contributed by atoms with Gasteiger partial charge in [0.05, 0.1) is 40.0 Å². The number of hydrogen-bond acceptors (Lipinski definition) is 8. The van der Waals surface area contributed by atoms with Gasteiger partial charge in [-0.1, -0.05) is 33.3 Å². The van der Waals surface area contributed by atoms with Crippen LogP contribution in [-0.4, -0.2) is 36.0 Å². The number of carbonyl (C=O) groups excluding carboxylic acids is 1. The summed E-state index contributed by atoms with van der Waals surface area (Å²) in [6.07, 6.45) is 3.05. The average molecular weight is 685 g/mol. The second kappa shape index (κ2) is 11.2. The van der Waals surface area contributed by atoms with E-state index in [0.29, 0.717) is 48.7 Å². The summed E-state index contributed by atoms with van der Waals surface area (Å²) in [6.45, 7) is 4.62. The molecular formula is C25H22BrIN2O6S. The number of carbonyl (C=O) groups is 1. The SMILES string of the molecule is CCOc1ccc([C@H]2C(C(=O)OC)=CN=c3s/c(=C/c4cc(Br)cc(I)c4O)c(=O)n32)cc1OCC. The van der Waals surface area contributed by atoms with Gasteiger partial charge in [-0.15, -0.1) is 0 Å². The van der Waals surface area contributed by atoms with Crippen LogP contribution >= 0.6 is 49.9 Å².